The minimum absolute atomic E-state index is 0.0774. The van der Waals surface area contributed by atoms with Crippen LogP contribution in [0.2, 0.25) is 0 Å². The highest BCUT2D eigenvalue weighted by Crippen LogP contribution is 2.34. The quantitative estimate of drug-likeness (QED) is 0.906. The molecule has 0 amide bonds. The van der Waals surface area contributed by atoms with Gasteiger partial charge < -0.3 is 5.11 Å². The maximum absolute atomic E-state index is 12.6. The number of hydrogen-bond acceptors (Lipinski definition) is 3. The highest BCUT2D eigenvalue weighted by Gasteiger charge is 2.36. The molecule has 0 aliphatic heterocycles. The third kappa shape index (κ3) is 2.64. The fraction of sp³-hybridized carbons (Fsp3) is 0.455. The first kappa shape index (κ1) is 14.1. The molecule has 0 saturated heterocycles. The normalized spacial score (nSPS) is 11.3. The second-order valence-electron chi connectivity index (χ2n) is 3.71. The van der Waals surface area contributed by atoms with E-state index in [4.69, 9.17) is 5.26 Å². The van der Waals surface area contributed by atoms with Gasteiger partial charge in [0.2, 0.25) is 5.88 Å². The maximum atomic E-state index is 12.6. The van der Waals surface area contributed by atoms with Crippen LogP contribution in [-0.4, -0.2) is 9.67 Å². The molecule has 0 aliphatic carbocycles. The number of halogens is 3. The summed E-state index contributed by atoms with van der Waals surface area (Å²) >= 11 is 0. The molecular weight excluding hydrogens is 249 g/mol. The summed E-state index contributed by atoms with van der Waals surface area (Å²) in [4.78, 5) is 11.5. The zero-order chi connectivity index (χ0) is 13.9. The summed E-state index contributed by atoms with van der Waals surface area (Å²) in [5, 5.41) is 18.3. The van der Waals surface area contributed by atoms with Crippen LogP contribution in [0.25, 0.3) is 0 Å². The molecule has 0 radical (unpaired) electrons. The Labute approximate surface area is 101 Å². The fourth-order valence-corrected chi connectivity index (χ4v) is 1.50. The molecule has 0 saturated carbocycles. The smallest absolute Gasteiger partial charge is 0.418 e. The van der Waals surface area contributed by atoms with E-state index >= 15 is 0 Å². The van der Waals surface area contributed by atoms with E-state index in [1.807, 2.05) is 6.92 Å². The van der Waals surface area contributed by atoms with Crippen molar-refractivity contribution in [2.45, 2.75) is 32.5 Å². The van der Waals surface area contributed by atoms with Crippen molar-refractivity contribution in [2.75, 3.05) is 0 Å². The standard InChI is InChI=1S/C11H11F3N2O2/c1-2-3-4-16-9(17)5-8(11(12,13)14)7(6-15)10(16)18/h5,18H,2-4H2,1H3. The lowest BCUT2D eigenvalue weighted by atomic mass is 10.1. The van der Waals surface area contributed by atoms with Gasteiger partial charge in [-0.15, -0.1) is 0 Å². The third-order valence-electron chi connectivity index (χ3n) is 2.43. The molecule has 1 N–H and O–H groups in total. The van der Waals surface area contributed by atoms with Gasteiger partial charge in [0, 0.05) is 12.6 Å². The number of rotatable bonds is 3. The van der Waals surface area contributed by atoms with E-state index in [0.29, 0.717) is 18.9 Å². The summed E-state index contributed by atoms with van der Waals surface area (Å²) in [6.45, 7) is 1.91. The number of unbranched alkanes of at least 4 members (excludes halogenated alkanes) is 1. The van der Waals surface area contributed by atoms with Gasteiger partial charge in [-0.25, -0.2) is 0 Å². The molecule has 1 heterocycles. The first-order valence-corrected chi connectivity index (χ1v) is 5.27. The Morgan fingerprint density at radius 2 is 2.11 bits per heavy atom. The van der Waals surface area contributed by atoms with E-state index in [-0.39, 0.29) is 6.54 Å². The molecule has 0 spiro atoms. The molecule has 1 aromatic rings. The second-order valence-corrected chi connectivity index (χ2v) is 3.71. The molecule has 7 heteroatoms. The zero-order valence-corrected chi connectivity index (χ0v) is 9.58. The predicted molar refractivity (Wildman–Crippen MR) is 57.0 cm³/mol. The lowest BCUT2D eigenvalue weighted by molar-refractivity contribution is -0.138. The lowest BCUT2D eigenvalue weighted by Gasteiger charge is -2.13. The van der Waals surface area contributed by atoms with Crippen molar-refractivity contribution in [1.82, 2.24) is 4.57 Å². The van der Waals surface area contributed by atoms with E-state index in [2.05, 4.69) is 0 Å². The summed E-state index contributed by atoms with van der Waals surface area (Å²) in [7, 11) is 0. The molecule has 0 fully saturated rings. The minimum atomic E-state index is -4.84. The Morgan fingerprint density at radius 1 is 1.50 bits per heavy atom. The molecule has 4 nitrogen and oxygen atoms in total. The molecule has 18 heavy (non-hydrogen) atoms. The van der Waals surface area contributed by atoms with Gasteiger partial charge in [-0.2, -0.15) is 18.4 Å². The lowest BCUT2D eigenvalue weighted by Crippen LogP contribution is -2.24. The van der Waals surface area contributed by atoms with Crippen molar-refractivity contribution >= 4 is 0 Å². The topological polar surface area (TPSA) is 66.0 Å². The van der Waals surface area contributed by atoms with Crippen LogP contribution in [0.15, 0.2) is 10.9 Å². The summed E-state index contributed by atoms with van der Waals surface area (Å²) in [6, 6.07) is 1.63. The van der Waals surface area contributed by atoms with E-state index in [0.717, 1.165) is 4.57 Å². The van der Waals surface area contributed by atoms with Crippen molar-refractivity contribution < 1.29 is 18.3 Å². The Hall–Kier alpha value is -1.97. The molecule has 1 rings (SSSR count). The van der Waals surface area contributed by atoms with Crippen LogP contribution in [0.5, 0.6) is 5.88 Å². The molecular formula is C11H11F3N2O2. The van der Waals surface area contributed by atoms with Crippen LogP contribution in [-0.2, 0) is 12.7 Å². The average Bonchev–Trinajstić information content (AvgIpc) is 2.27. The van der Waals surface area contributed by atoms with Gasteiger partial charge in [0.25, 0.3) is 5.56 Å². The van der Waals surface area contributed by atoms with Gasteiger partial charge in [-0.3, -0.25) is 9.36 Å². The third-order valence-corrected chi connectivity index (χ3v) is 2.43. The number of aromatic hydroxyl groups is 1. The first-order chi connectivity index (χ1) is 8.32. The van der Waals surface area contributed by atoms with Crippen molar-refractivity contribution in [3.63, 3.8) is 0 Å². The number of nitriles is 1. The zero-order valence-electron chi connectivity index (χ0n) is 9.58. The molecule has 0 unspecified atom stereocenters. The van der Waals surface area contributed by atoms with Gasteiger partial charge in [-0.1, -0.05) is 13.3 Å². The number of nitrogens with zero attached hydrogens (tertiary/aromatic N) is 2. The predicted octanol–water partition coefficient (Wildman–Crippen LogP) is 2.24. The largest absolute Gasteiger partial charge is 0.493 e. The van der Waals surface area contributed by atoms with E-state index in [1.165, 1.54) is 6.07 Å². The molecule has 0 aliphatic rings. The maximum Gasteiger partial charge on any atom is 0.418 e. The highest BCUT2D eigenvalue weighted by molar-refractivity contribution is 5.45. The Kier molecular flexibility index (Phi) is 4.01. The monoisotopic (exact) mass is 260 g/mol. The highest BCUT2D eigenvalue weighted by atomic mass is 19.4. The van der Waals surface area contributed by atoms with E-state index in [1.54, 1.807) is 0 Å². The molecule has 98 valence electrons. The van der Waals surface area contributed by atoms with Crippen LogP contribution in [0.3, 0.4) is 0 Å². The van der Waals surface area contributed by atoms with Crippen LogP contribution in [0, 0.1) is 11.3 Å². The van der Waals surface area contributed by atoms with Crippen LogP contribution >= 0.6 is 0 Å². The number of aromatic nitrogens is 1. The minimum Gasteiger partial charge on any atom is -0.493 e. The number of hydrogen-bond donors (Lipinski definition) is 1. The Balaban J connectivity index is 3.47. The molecule has 0 atom stereocenters. The van der Waals surface area contributed by atoms with Crippen molar-refractivity contribution in [2.24, 2.45) is 0 Å². The molecule has 0 bridgehead atoms. The van der Waals surface area contributed by atoms with Gasteiger partial charge in [-0.05, 0) is 6.42 Å². The summed E-state index contributed by atoms with van der Waals surface area (Å²) in [5.41, 5.74) is -3.29. The first-order valence-electron chi connectivity index (χ1n) is 5.27. The van der Waals surface area contributed by atoms with Crippen LogP contribution in [0.4, 0.5) is 13.2 Å². The number of pyridine rings is 1. The van der Waals surface area contributed by atoms with Gasteiger partial charge in [0.05, 0.1) is 5.56 Å². The van der Waals surface area contributed by atoms with Gasteiger partial charge in [0.1, 0.15) is 11.6 Å². The Morgan fingerprint density at radius 3 is 2.56 bits per heavy atom. The van der Waals surface area contributed by atoms with Gasteiger partial charge >= 0.3 is 6.18 Å². The van der Waals surface area contributed by atoms with Crippen molar-refractivity contribution in [3.05, 3.63) is 27.5 Å². The SMILES string of the molecule is CCCCn1c(O)c(C#N)c(C(F)(F)F)cc1=O. The Bertz CT molecular complexity index is 541. The summed E-state index contributed by atoms with van der Waals surface area (Å²) < 4.78 is 38.5. The average molecular weight is 260 g/mol. The van der Waals surface area contributed by atoms with Gasteiger partial charge in [0.15, 0.2) is 0 Å². The van der Waals surface area contributed by atoms with Crippen LogP contribution < -0.4 is 5.56 Å². The summed E-state index contributed by atoms with van der Waals surface area (Å²) in [5.74, 6) is -0.925. The van der Waals surface area contributed by atoms with E-state index in [9.17, 15) is 23.1 Å². The summed E-state index contributed by atoms with van der Waals surface area (Å²) in [6.07, 6.45) is -3.62. The fourth-order valence-electron chi connectivity index (χ4n) is 1.50. The molecule has 0 aromatic carbocycles. The molecule has 1 aromatic heterocycles. The second kappa shape index (κ2) is 5.12. The van der Waals surface area contributed by atoms with Crippen LogP contribution in [0.1, 0.15) is 30.9 Å². The van der Waals surface area contributed by atoms with Crippen molar-refractivity contribution in [3.8, 4) is 11.9 Å². The van der Waals surface area contributed by atoms with E-state index < -0.39 is 28.7 Å². The van der Waals surface area contributed by atoms with Crippen molar-refractivity contribution in [1.29, 1.82) is 5.26 Å². The number of alkyl halides is 3.